The second-order valence-electron chi connectivity index (χ2n) is 6.46. The maximum Gasteiger partial charge on any atom is 0.394 e. The van der Waals surface area contributed by atoms with Crippen LogP contribution in [0.15, 0.2) is 60.9 Å². The number of ether oxygens (including phenoxy) is 2. The summed E-state index contributed by atoms with van der Waals surface area (Å²) in [5.41, 5.74) is -0.293. The number of nitrogens with zero attached hydrogens (tertiary/aromatic N) is 3. The van der Waals surface area contributed by atoms with E-state index in [-0.39, 0.29) is 29.2 Å². The lowest BCUT2D eigenvalue weighted by atomic mass is 10.0. The van der Waals surface area contributed by atoms with Crippen LogP contribution in [-0.4, -0.2) is 40.0 Å². The number of amides is 1. The van der Waals surface area contributed by atoms with E-state index in [0.29, 0.717) is 6.92 Å². The van der Waals surface area contributed by atoms with Gasteiger partial charge >= 0.3 is 6.11 Å². The van der Waals surface area contributed by atoms with Gasteiger partial charge in [0.2, 0.25) is 0 Å². The Labute approximate surface area is 179 Å². The van der Waals surface area contributed by atoms with Gasteiger partial charge in [0.15, 0.2) is 0 Å². The third kappa shape index (κ3) is 4.53. The van der Waals surface area contributed by atoms with Gasteiger partial charge in [0.05, 0.1) is 25.5 Å². The van der Waals surface area contributed by atoms with Crippen molar-refractivity contribution in [3.63, 3.8) is 0 Å². The van der Waals surface area contributed by atoms with Crippen LogP contribution in [0, 0.1) is 0 Å². The summed E-state index contributed by atoms with van der Waals surface area (Å²) >= 11 is 0. The van der Waals surface area contributed by atoms with Crippen molar-refractivity contribution in [2.24, 2.45) is 0 Å². The predicted octanol–water partition coefficient (Wildman–Crippen LogP) is 4.17. The Kier molecular flexibility index (Phi) is 3.88. The molecule has 2 heterocycles. The maximum atomic E-state index is 13.5. The number of benzene rings is 2. The first-order valence-electron chi connectivity index (χ1n) is 11.4. The Morgan fingerprint density at radius 1 is 1.23 bits per heavy atom. The average Bonchev–Trinajstić information content (AvgIpc) is 2.87. The van der Waals surface area contributed by atoms with Crippen LogP contribution < -0.4 is 9.47 Å². The number of fused-ring (bicyclic) bond motifs is 1. The number of hydrogen-bond donors (Lipinski definition) is 0. The quantitative estimate of drug-likeness (QED) is 0.625. The Morgan fingerprint density at radius 2 is 1.97 bits per heavy atom. The second kappa shape index (κ2) is 8.06. The molecule has 0 atom stereocenters. The van der Waals surface area contributed by atoms with E-state index in [4.69, 9.17) is 11.6 Å². The van der Waals surface area contributed by atoms with Gasteiger partial charge in [0, 0.05) is 19.3 Å². The SMILES string of the molecule is [2H]c1c([2H])c(-c2ccc(OC(C)(F)F)cc2)c([2H])c2c1OC([2H])([2H])CN(Cc1ncccn1)C2=O. The zero-order valence-electron chi connectivity index (χ0n) is 20.8. The monoisotopic (exact) mass is 416 g/mol. The summed E-state index contributed by atoms with van der Waals surface area (Å²) in [6.45, 7) is -2.54. The minimum absolute atomic E-state index is 0.112. The molecular weight excluding hydrogens is 392 g/mol. The van der Waals surface area contributed by atoms with Crippen molar-refractivity contribution in [2.45, 2.75) is 19.6 Å². The molecule has 1 aliphatic rings. The first-order chi connectivity index (χ1) is 16.4. The summed E-state index contributed by atoms with van der Waals surface area (Å²) in [5, 5.41) is 0. The molecule has 154 valence electrons. The van der Waals surface area contributed by atoms with Gasteiger partial charge < -0.3 is 14.4 Å². The summed E-state index contributed by atoms with van der Waals surface area (Å²) in [6.07, 6.45) is -0.475. The highest BCUT2D eigenvalue weighted by molar-refractivity contribution is 5.98. The third-order valence-corrected chi connectivity index (χ3v) is 4.10. The van der Waals surface area contributed by atoms with Crippen LogP contribution in [0.4, 0.5) is 8.78 Å². The van der Waals surface area contributed by atoms with Crippen molar-refractivity contribution in [2.75, 3.05) is 13.1 Å². The first kappa shape index (κ1) is 14.4. The van der Waals surface area contributed by atoms with E-state index in [1.807, 2.05) is 0 Å². The van der Waals surface area contributed by atoms with Crippen molar-refractivity contribution in [1.29, 1.82) is 0 Å². The van der Waals surface area contributed by atoms with E-state index in [9.17, 15) is 13.6 Å². The third-order valence-electron chi connectivity index (χ3n) is 4.10. The standard InChI is InChI=1S/C22H19F2N3O3/c1-22(23,24)30-17-6-3-15(4-7-17)16-5-8-19-18(13-16)21(28)27(11-12-29-19)14-20-25-9-2-10-26-20/h2-10,13H,11-12,14H2,1H3/i5D,8D,12D2,13D. The Hall–Kier alpha value is -3.55. The molecule has 0 aliphatic carbocycles. The molecule has 8 heteroatoms. The molecule has 0 unspecified atom stereocenters. The van der Waals surface area contributed by atoms with Crippen LogP contribution in [0.25, 0.3) is 11.1 Å². The number of aromatic nitrogens is 2. The van der Waals surface area contributed by atoms with Crippen LogP contribution in [0.2, 0.25) is 0 Å². The zero-order valence-corrected chi connectivity index (χ0v) is 15.8. The van der Waals surface area contributed by atoms with E-state index in [1.165, 1.54) is 36.7 Å². The summed E-state index contributed by atoms with van der Waals surface area (Å²) in [5.74, 6) is -1.22. The molecule has 1 aliphatic heterocycles. The molecule has 0 saturated heterocycles. The van der Waals surface area contributed by atoms with Crippen LogP contribution in [-0.2, 0) is 6.54 Å². The molecule has 0 N–H and O–H groups in total. The molecule has 0 fully saturated rings. The van der Waals surface area contributed by atoms with E-state index in [2.05, 4.69) is 14.7 Å². The largest absolute Gasteiger partial charge is 0.491 e. The molecule has 0 saturated carbocycles. The fraction of sp³-hybridized carbons (Fsp3) is 0.227. The highest BCUT2D eigenvalue weighted by Gasteiger charge is 2.25. The van der Waals surface area contributed by atoms with Gasteiger partial charge in [-0.2, -0.15) is 8.78 Å². The lowest BCUT2D eigenvalue weighted by molar-refractivity contribution is -0.158. The van der Waals surface area contributed by atoms with Gasteiger partial charge in [-0.15, -0.1) is 0 Å². The molecule has 1 amide bonds. The Morgan fingerprint density at radius 3 is 2.67 bits per heavy atom. The van der Waals surface area contributed by atoms with Gasteiger partial charge in [-0.3, -0.25) is 4.79 Å². The fourth-order valence-corrected chi connectivity index (χ4v) is 2.79. The minimum Gasteiger partial charge on any atom is -0.491 e. The topological polar surface area (TPSA) is 64.6 Å². The molecule has 30 heavy (non-hydrogen) atoms. The molecule has 2 aromatic carbocycles. The molecule has 0 spiro atoms. The number of rotatable bonds is 5. The van der Waals surface area contributed by atoms with Gasteiger partial charge in [-0.05, 0) is 41.4 Å². The number of alkyl halides is 2. The fourth-order valence-electron chi connectivity index (χ4n) is 2.79. The second-order valence-corrected chi connectivity index (χ2v) is 6.46. The molecular formula is C22H19F2N3O3. The van der Waals surface area contributed by atoms with Crippen molar-refractivity contribution < 1.29 is 29.9 Å². The summed E-state index contributed by atoms with van der Waals surface area (Å²) < 4.78 is 77.9. The van der Waals surface area contributed by atoms with Gasteiger partial charge in [-0.1, -0.05) is 18.2 Å². The molecule has 6 nitrogen and oxygen atoms in total. The zero-order chi connectivity index (χ0) is 25.5. The van der Waals surface area contributed by atoms with Crippen LogP contribution >= 0.6 is 0 Å². The van der Waals surface area contributed by atoms with E-state index in [1.54, 1.807) is 6.07 Å². The average molecular weight is 416 g/mol. The lowest BCUT2D eigenvalue weighted by Gasteiger charge is -2.19. The van der Waals surface area contributed by atoms with Crippen LogP contribution in [0.3, 0.4) is 0 Å². The number of carbonyl (C=O) groups excluding carboxylic acids is 1. The van der Waals surface area contributed by atoms with Gasteiger partial charge in [-0.25, -0.2) is 9.97 Å². The van der Waals surface area contributed by atoms with E-state index < -0.39 is 54.6 Å². The minimum atomic E-state index is -3.41. The highest BCUT2D eigenvalue weighted by Crippen LogP contribution is 2.31. The van der Waals surface area contributed by atoms with Crippen molar-refractivity contribution in [3.8, 4) is 22.6 Å². The first-order valence-corrected chi connectivity index (χ1v) is 8.91. The summed E-state index contributed by atoms with van der Waals surface area (Å²) in [4.78, 5) is 22.6. The van der Waals surface area contributed by atoms with Crippen molar-refractivity contribution in [3.05, 3.63) is 72.2 Å². The molecule has 0 bridgehead atoms. The highest BCUT2D eigenvalue weighted by atomic mass is 19.3. The Bertz CT molecular complexity index is 1270. The predicted molar refractivity (Wildman–Crippen MR) is 105 cm³/mol. The molecule has 4 rings (SSSR count). The number of hydrogen-bond acceptors (Lipinski definition) is 5. The van der Waals surface area contributed by atoms with Gasteiger partial charge in [0.25, 0.3) is 5.91 Å². The molecule has 1 aromatic heterocycles. The number of halogens is 2. The summed E-state index contributed by atoms with van der Waals surface area (Å²) in [6, 6.07) is 5.16. The summed E-state index contributed by atoms with van der Waals surface area (Å²) in [7, 11) is 0. The molecule has 3 aromatic rings. The van der Waals surface area contributed by atoms with Crippen LogP contribution in [0.1, 0.15) is 30.0 Å². The van der Waals surface area contributed by atoms with Crippen LogP contribution in [0.5, 0.6) is 11.5 Å². The van der Waals surface area contributed by atoms with Gasteiger partial charge in [0.1, 0.15) is 23.9 Å². The lowest BCUT2D eigenvalue weighted by Crippen LogP contribution is -2.32. The van der Waals surface area contributed by atoms with Crippen molar-refractivity contribution >= 4 is 5.91 Å². The normalized spacial score (nSPS) is 18.0. The van der Waals surface area contributed by atoms with E-state index >= 15 is 0 Å². The molecule has 0 radical (unpaired) electrons. The maximum absolute atomic E-state index is 13.5. The van der Waals surface area contributed by atoms with Crippen molar-refractivity contribution in [1.82, 2.24) is 14.9 Å². The van der Waals surface area contributed by atoms with E-state index in [0.717, 1.165) is 4.90 Å². The smallest absolute Gasteiger partial charge is 0.394 e. The number of carbonyl (C=O) groups is 1. The Balaban J connectivity index is 1.82.